The molecule has 1 saturated carbocycles. The standard InChI is InChI=1S/C14H18N4O/c15-12(9-3-4-9)8-17-13(19)6-10-7-18-14-11(10)2-1-5-16-14/h1-2,5,7,9,12H,3-4,6,8,15H2,(H,16,18)(H,17,19). The number of nitrogens with two attached hydrogens (primary N) is 1. The quantitative estimate of drug-likeness (QED) is 0.747. The molecule has 1 unspecified atom stereocenters. The highest BCUT2D eigenvalue weighted by molar-refractivity contribution is 5.87. The second-order valence-electron chi connectivity index (χ2n) is 5.20. The molecule has 0 radical (unpaired) electrons. The van der Waals surface area contributed by atoms with Gasteiger partial charge in [-0.1, -0.05) is 0 Å². The molecular formula is C14H18N4O. The maximum absolute atomic E-state index is 11.9. The Hall–Kier alpha value is -1.88. The number of fused-ring (bicyclic) bond motifs is 1. The molecular weight excluding hydrogens is 240 g/mol. The summed E-state index contributed by atoms with van der Waals surface area (Å²) in [6, 6.07) is 3.95. The molecule has 4 N–H and O–H groups in total. The van der Waals surface area contributed by atoms with E-state index in [4.69, 9.17) is 5.73 Å². The van der Waals surface area contributed by atoms with Crippen LogP contribution in [-0.2, 0) is 11.2 Å². The van der Waals surface area contributed by atoms with Crippen LogP contribution in [0, 0.1) is 5.92 Å². The van der Waals surface area contributed by atoms with Crippen LogP contribution in [0.4, 0.5) is 0 Å². The Morgan fingerprint density at radius 2 is 2.42 bits per heavy atom. The van der Waals surface area contributed by atoms with E-state index < -0.39 is 0 Å². The number of H-pyrrole nitrogens is 1. The summed E-state index contributed by atoms with van der Waals surface area (Å²) in [6.45, 7) is 0.574. The average molecular weight is 258 g/mol. The first-order chi connectivity index (χ1) is 9.24. The van der Waals surface area contributed by atoms with Gasteiger partial charge in [0, 0.05) is 30.4 Å². The molecule has 2 aromatic heterocycles. The van der Waals surface area contributed by atoms with Crippen molar-refractivity contribution < 1.29 is 4.79 Å². The fourth-order valence-corrected chi connectivity index (χ4v) is 2.32. The molecule has 1 amide bonds. The Labute approximate surface area is 111 Å². The second-order valence-corrected chi connectivity index (χ2v) is 5.20. The molecule has 5 heteroatoms. The zero-order chi connectivity index (χ0) is 13.2. The Kier molecular flexibility index (Phi) is 3.21. The van der Waals surface area contributed by atoms with Crippen LogP contribution in [0.3, 0.4) is 0 Å². The van der Waals surface area contributed by atoms with Gasteiger partial charge in [0.2, 0.25) is 5.91 Å². The number of pyridine rings is 1. The number of nitrogens with zero attached hydrogens (tertiary/aromatic N) is 1. The van der Waals surface area contributed by atoms with Crippen LogP contribution in [0.2, 0.25) is 0 Å². The number of hydrogen-bond donors (Lipinski definition) is 3. The maximum atomic E-state index is 11.9. The lowest BCUT2D eigenvalue weighted by Gasteiger charge is -2.11. The maximum Gasteiger partial charge on any atom is 0.224 e. The number of carbonyl (C=O) groups excluding carboxylic acids is 1. The van der Waals surface area contributed by atoms with Crippen LogP contribution in [0.15, 0.2) is 24.5 Å². The molecule has 1 aliphatic carbocycles. The molecule has 3 rings (SSSR count). The third kappa shape index (κ3) is 2.76. The van der Waals surface area contributed by atoms with Gasteiger partial charge in [-0.15, -0.1) is 0 Å². The molecule has 19 heavy (non-hydrogen) atoms. The van der Waals surface area contributed by atoms with Gasteiger partial charge in [0.05, 0.1) is 6.42 Å². The summed E-state index contributed by atoms with van der Waals surface area (Å²) >= 11 is 0. The Morgan fingerprint density at radius 3 is 3.21 bits per heavy atom. The van der Waals surface area contributed by atoms with Gasteiger partial charge in [0.1, 0.15) is 5.65 Å². The van der Waals surface area contributed by atoms with E-state index in [2.05, 4.69) is 15.3 Å². The third-order valence-electron chi connectivity index (χ3n) is 3.65. The van der Waals surface area contributed by atoms with Crippen molar-refractivity contribution in [1.82, 2.24) is 15.3 Å². The minimum Gasteiger partial charge on any atom is -0.354 e. The molecule has 2 heterocycles. The van der Waals surface area contributed by atoms with Gasteiger partial charge in [0.15, 0.2) is 0 Å². The molecule has 1 fully saturated rings. The molecule has 0 spiro atoms. The van der Waals surface area contributed by atoms with Crippen molar-refractivity contribution in [3.8, 4) is 0 Å². The van der Waals surface area contributed by atoms with Crippen LogP contribution in [-0.4, -0.2) is 28.5 Å². The lowest BCUT2D eigenvalue weighted by Crippen LogP contribution is -2.39. The zero-order valence-corrected chi connectivity index (χ0v) is 10.7. The van der Waals surface area contributed by atoms with Crippen molar-refractivity contribution in [3.05, 3.63) is 30.1 Å². The van der Waals surface area contributed by atoms with E-state index >= 15 is 0 Å². The minimum absolute atomic E-state index is 0.0147. The molecule has 0 aliphatic heterocycles. The zero-order valence-electron chi connectivity index (χ0n) is 10.7. The minimum atomic E-state index is 0.0147. The van der Waals surface area contributed by atoms with Crippen molar-refractivity contribution >= 4 is 16.9 Å². The van der Waals surface area contributed by atoms with Crippen molar-refractivity contribution in [2.45, 2.75) is 25.3 Å². The van der Waals surface area contributed by atoms with E-state index in [0.29, 0.717) is 18.9 Å². The summed E-state index contributed by atoms with van der Waals surface area (Å²) in [5, 5.41) is 3.91. The second kappa shape index (κ2) is 5.01. The smallest absolute Gasteiger partial charge is 0.224 e. The number of aromatic amines is 1. The van der Waals surface area contributed by atoms with E-state index in [1.165, 1.54) is 12.8 Å². The van der Waals surface area contributed by atoms with Crippen LogP contribution >= 0.6 is 0 Å². The molecule has 1 aliphatic rings. The highest BCUT2D eigenvalue weighted by atomic mass is 16.1. The van der Waals surface area contributed by atoms with E-state index in [9.17, 15) is 4.79 Å². The summed E-state index contributed by atoms with van der Waals surface area (Å²) < 4.78 is 0. The lowest BCUT2D eigenvalue weighted by atomic mass is 10.1. The molecule has 1 atom stereocenters. The third-order valence-corrected chi connectivity index (χ3v) is 3.65. The Morgan fingerprint density at radius 1 is 1.58 bits per heavy atom. The first-order valence-corrected chi connectivity index (χ1v) is 6.67. The molecule has 100 valence electrons. The Balaban J connectivity index is 1.59. The topological polar surface area (TPSA) is 83.8 Å². The van der Waals surface area contributed by atoms with Crippen molar-refractivity contribution in [2.24, 2.45) is 11.7 Å². The summed E-state index contributed by atoms with van der Waals surface area (Å²) in [5.41, 5.74) is 7.75. The number of carbonyl (C=O) groups is 1. The highest BCUT2D eigenvalue weighted by Crippen LogP contribution is 2.31. The van der Waals surface area contributed by atoms with Gasteiger partial charge in [-0.2, -0.15) is 0 Å². The first-order valence-electron chi connectivity index (χ1n) is 6.67. The van der Waals surface area contributed by atoms with Crippen molar-refractivity contribution in [1.29, 1.82) is 0 Å². The van der Waals surface area contributed by atoms with Gasteiger partial charge in [0.25, 0.3) is 0 Å². The summed E-state index contributed by atoms with van der Waals surface area (Å²) in [5.74, 6) is 0.624. The average Bonchev–Trinajstić information content (AvgIpc) is 3.20. The lowest BCUT2D eigenvalue weighted by molar-refractivity contribution is -0.120. The molecule has 2 aromatic rings. The first kappa shape index (κ1) is 12.2. The van der Waals surface area contributed by atoms with E-state index in [-0.39, 0.29) is 11.9 Å². The molecule has 0 aromatic carbocycles. The van der Waals surface area contributed by atoms with E-state index in [0.717, 1.165) is 16.6 Å². The molecule has 5 nitrogen and oxygen atoms in total. The van der Waals surface area contributed by atoms with Crippen molar-refractivity contribution in [2.75, 3.05) is 6.54 Å². The van der Waals surface area contributed by atoms with Crippen LogP contribution in [0.25, 0.3) is 11.0 Å². The summed E-state index contributed by atoms with van der Waals surface area (Å²) in [6.07, 6.45) is 6.34. The van der Waals surface area contributed by atoms with E-state index in [1.54, 1.807) is 6.20 Å². The van der Waals surface area contributed by atoms with Gasteiger partial charge in [-0.3, -0.25) is 4.79 Å². The van der Waals surface area contributed by atoms with Crippen LogP contribution in [0.5, 0.6) is 0 Å². The number of aromatic nitrogens is 2. The SMILES string of the molecule is NC(CNC(=O)Cc1c[nH]c2ncccc12)C1CC1. The monoisotopic (exact) mass is 258 g/mol. The van der Waals surface area contributed by atoms with Gasteiger partial charge in [-0.25, -0.2) is 4.98 Å². The number of rotatable bonds is 5. The summed E-state index contributed by atoms with van der Waals surface area (Å²) in [7, 11) is 0. The van der Waals surface area contributed by atoms with Crippen LogP contribution < -0.4 is 11.1 Å². The fourth-order valence-electron chi connectivity index (χ4n) is 2.32. The van der Waals surface area contributed by atoms with Gasteiger partial charge < -0.3 is 16.0 Å². The van der Waals surface area contributed by atoms with Gasteiger partial charge in [-0.05, 0) is 36.5 Å². The number of hydrogen-bond acceptors (Lipinski definition) is 3. The van der Waals surface area contributed by atoms with Crippen LogP contribution in [0.1, 0.15) is 18.4 Å². The summed E-state index contributed by atoms with van der Waals surface area (Å²) in [4.78, 5) is 19.2. The Bertz CT molecular complexity index is 588. The van der Waals surface area contributed by atoms with Gasteiger partial charge >= 0.3 is 0 Å². The highest BCUT2D eigenvalue weighted by Gasteiger charge is 2.28. The predicted molar refractivity (Wildman–Crippen MR) is 73.5 cm³/mol. The fraction of sp³-hybridized carbons (Fsp3) is 0.429. The predicted octanol–water partition coefficient (Wildman–Crippen LogP) is 0.959. The van der Waals surface area contributed by atoms with E-state index in [1.807, 2.05) is 18.3 Å². The normalized spacial score (nSPS) is 16.5. The number of nitrogens with one attached hydrogen (secondary N) is 2. The number of amides is 1. The largest absolute Gasteiger partial charge is 0.354 e. The molecule has 0 saturated heterocycles. The molecule has 0 bridgehead atoms. The van der Waals surface area contributed by atoms with Crippen molar-refractivity contribution in [3.63, 3.8) is 0 Å².